The Morgan fingerprint density at radius 1 is 1.47 bits per heavy atom. The molecule has 15 heavy (non-hydrogen) atoms. The minimum Gasteiger partial charge on any atom is -0.0999 e. The van der Waals surface area contributed by atoms with Crippen LogP contribution in [0.2, 0.25) is 0 Å². The van der Waals surface area contributed by atoms with Crippen LogP contribution in [0.15, 0.2) is 23.8 Å². The molecule has 0 unspecified atom stereocenters. The maximum Gasteiger partial charge on any atom is -0.0146 e. The van der Waals surface area contributed by atoms with Crippen LogP contribution in [0.4, 0.5) is 0 Å². The summed E-state index contributed by atoms with van der Waals surface area (Å²) in [6.07, 6.45) is 9.30. The number of allylic oxidation sites excluding steroid dienone is 3. The summed E-state index contributed by atoms with van der Waals surface area (Å²) >= 11 is 0. The molecule has 0 N–H and O–H groups in total. The van der Waals surface area contributed by atoms with Gasteiger partial charge in [-0.3, -0.25) is 0 Å². The Hall–Kier alpha value is -0.520. The highest BCUT2D eigenvalue weighted by Crippen LogP contribution is 2.52. The molecule has 1 fully saturated rings. The van der Waals surface area contributed by atoms with Crippen molar-refractivity contribution in [3.05, 3.63) is 23.8 Å². The molecule has 0 nitrogen and oxygen atoms in total. The monoisotopic (exact) mass is 204 g/mol. The van der Waals surface area contributed by atoms with Crippen molar-refractivity contribution in [2.24, 2.45) is 17.3 Å². The van der Waals surface area contributed by atoms with Gasteiger partial charge in [0.25, 0.3) is 0 Å². The van der Waals surface area contributed by atoms with Gasteiger partial charge in [0.15, 0.2) is 0 Å². The van der Waals surface area contributed by atoms with Gasteiger partial charge in [0.1, 0.15) is 0 Å². The van der Waals surface area contributed by atoms with Gasteiger partial charge in [-0.15, -0.1) is 0 Å². The second-order valence-electron chi connectivity index (χ2n) is 6.01. The number of hydrogen-bond acceptors (Lipinski definition) is 0. The van der Waals surface area contributed by atoms with Gasteiger partial charge >= 0.3 is 0 Å². The second kappa shape index (κ2) is 3.81. The molecule has 0 aromatic heterocycles. The molecule has 0 aromatic rings. The van der Waals surface area contributed by atoms with Crippen LogP contribution in [0.25, 0.3) is 0 Å². The number of rotatable bonds is 1. The number of hydrogen-bond donors (Lipinski definition) is 0. The van der Waals surface area contributed by atoms with Crippen LogP contribution < -0.4 is 0 Å². The quantitative estimate of drug-likeness (QED) is 0.542. The lowest BCUT2D eigenvalue weighted by molar-refractivity contribution is 0.0981. The van der Waals surface area contributed by atoms with Crippen molar-refractivity contribution in [1.82, 2.24) is 0 Å². The van der Waals surface area contributed by atoms with Crippen molar-refractivity contribution in [2.45, 2.75) is 52.9 Å². The molecule has 0 radical (unpaired) electrons. The molecule has 0 heteroatoms. The molecule has 1 saturated carbocycles. The number of fused-ring (bicyclic) bond motifs is 1. The molecule has 0 saturated heterocycles. The fourth-order valence-electron chi connectivity index (χ4n) is 3.62. The molecular formula is C15H24. The summed E-state index contributed by atoms with van der Waals surface area (Å²) in [5, 5.41) is 0. The van der Waals surface area contributed by atoms with Gasteiger partial charge in [-0.05, 0) is 63.2 Å². The first kappa shape index (κ1) is 11.0. The fraction of sp³-hybridized carbons (Fsp3) is 0.733. The molecule has 84 valence electrons. The lowest BCUT2D eigenvalue weighted by Crippen LogP contribution is -2.37. The Kier molecular flexibility index (Phi) is 2.79. The van der Waals surface area contributed by atoms with Crippen LogP contribution in [0.3, 0.4) is 0 Å². The first-order chi connectivity index (χ1) is 7.03. The zero-order chi connectivity index (χ0) is 11.1. The van der Waals surface area contributed by atoms with Gasteiger partial charge in [0.05, 0.1) is 0 Å². The van der Waals surface area contributed by atoms with Gasteiger partial charge < -0.3 is 0 Å². The summed E-state index contributed by atoms with van der Waals surface area (Å²) in [6.45, 7) is 11.2. The first-order valence-electron chi connectivity index (χ1n) is 6.35. The van der Waals surface area contributed by atoms with Crippen molar-refractivity contribution in [2.75, 3.05) is 0 Å². The van der Waals surface area contributed by atoms with Gasteiger partial charge in [-0.2, -0.15) is 0 Å². The molecule has 0 spiro atoms. The standard InChI is InChI=1S/C15H24/c1-11(2)13-7-9-15(4)8-5-6-12(3)14(15)10-13/h6,13-14H,1,5,7-10H2,2-4H3/t13-,14+,15+/m1/s1. The first-order valence-corrected chi connectivity index (χ1v) is 6.35. The molecular weight excluding hydrogens is 180 g/mol. The van der Waals surface area contributed by atoms with E-state index >= 15 is 0 Å². The van der Waals surface area contributed by atoms with E-state index in [4.69, 9.17) is 0 Å². The highest BCUT2D eigenvalue weighted by Gasteiger charge is 2.41. The predicted molar refractivity (Wildman–Crippen MR) is 66.7 cm³/mol. The van der Waals surface area contributed by atoms with Crippen LogP contribution in [0.1, 0.15) is 52.9 Å². The molecule has 0 bridgehead atoms. The van der Waals surface area contributed by atoms with E-state index in [1.807, 2.05) is 0 Å². The fourth-order valence-corrected chi connectivity index (χ4v) is 3.62. The topological polar surface area (TPSA) is 0 Å². The highest BCUT2D eigenvalue weighted by atomic mass is 14.5. The summed E-state index contributed by atoms with van der Waals surface area (Å²) in [7, 11) is 0. The van der Waals surface area contributed by atoms with Crippen LogP contribution in [0, 0.1) is 17.3 Å². The smallest absolute Gasteiger partial charge is 0.0146 e. The molecule has 2 aliphatic rings. The third-order valence-electron chi connectivity index (χ3n) is 4.85. The maximum absolute atomic E-state index is 4.14. The zero-order valence-corrected chi connectivity index (χ0v) is 10.5. The zero-order valence-electron chi connectivity index (χ0n) is 10.5. The summed E-state index contributed by atoms with van der Waals surface area (Å²) < 4.78 is 0. The van der Waals surface area contributed by atoms with Gasteiger partial charge in [-0.25, -0.2) is 0 Å². The summed E-state index contributed by atoms with van der Waals surface area (Å²) in [4.78, 5) is 0. The molecule has 3 atom stereocenters. The molecule has 0 amide bonds. The Bertz CT molecular complexity index is 297. The Morgan fingerprint density at radius 2 is 2.20 bits per heavy atom. The average Bonchev–Trinajstić information content (AvgIpc) is 2.17. The van der Waals surface area contributed by atoms with Crippen molar-refractivity contribution in [3.8, 4) is 0 Å². The minimum atomic E-state index is 0.602. The summed E-state index contributed by atoms with van der Waals surface area (Å²) in [6, 6.07) is 0. The van der Waals surface area contributed by atoms with Crippen LogP contribution >= 0.6 is 0 Å². The van der Waals surface area contributed by atoms with Crippen molar-refractivity contribution in [1.29, 1.82) is 0 Å². The molecule has 0 aromatic carbocycles. The van der Waals surface area contributed by atoms with E-state index < -0.39 is 0 Å². The molecule has 2 rings (SSSR count). The maximum atomic E-state index is 4.14. The largest absolute Gasteiger partial charge is 0.0999 e. The Morgan fingerprint density at radius 3 is 2.87 bits per heavy atom. The normalized spacial score (nSPS) is 40.6. The third-order valence-corrected chi connectivity index (χ3v) is 4.85. The van der Waals surface area contributed by atoms with Crippen molar-refractivity contribution in [3.63, 3.8) is 0 Å². The van der Waals surface area contributed by atoms with Crippen molar-refractivity contribution < 1.29 is 0 Å². The van der Waals surface area contributed by atoms with Crippen molar-refractivity contribution >= 4 is 0 Å². The van der Waals surface area contributed by atoms with Crippen LogP contribution in [-0.2, 0) is 0 Å². The van der Waals surface area contributed by atoms with Crippen LogP contribution in [-0.4, -0.2) is 0 Å². The van der Waals surface area contributed by atoms with E-state index in [2.05, 4.69) is 33.4 Å². The molecule has 2 aliphatic carbocycles. The van der Waals surface area contributed by atoms with E-state index in [-0.39, 0.29) is 0 Å². The molecule has 0 heterocycles. The average molecular weight is 204 g/mol. The van der Waals surface area contributed by atoms with E-state index in [1.54, 1.807) is 5.57 Å². The summed E-state index contributed by atoms with van der Waals surface area (Å²) in [5.41, 5.74) is 3.65. The third kappa shape index (κ3) is 1.91. The van der Waals surface area contributed by atoms with Gasteiger partial charge in [0.2, 0.25) is 0 Å². The van der Waals surface area contributed by atoms with E-state index in [0.29, 0.717) is 5.41 Å². The Labute approximate surface area is 94.5 Å². The van der Waals surface area contributed by atoms with E-state index in [0.717, 1.165) is 11.8 Å². The van der Waals surface area contributed by atoms with Gasteiger partial charge in [-0.1, -0.05) is 30.7 Å². The Balaban J connectivity index is 2.19. The predicted octanol–water partition coefficient (Wildman–Crippen LogP) is 4.73. The highest BCUT2D eigenvalue weighted by molar-refractivity contribution is 5.16. The summed E-state index contributed by atoms with van der Waals surface area (Å²) in [5.74, 6) is 1.62. The van der Waals surface area contributed by atoms with Crippen LogP contribution in [0.5, 0.6) is 0 Å². The van der Waals surface area contributed by atoms with Gasteiger partial charge in [0, 0.05) is 0 Å². The van der Waals surface area contributed by atoms with E-state index in [1.165, 1.54) is 37.7 Å². The SMILES string of the molecule is C=C(C)[C@@H]1CC[C@]2(C)CCC=C(C)[C@@H]2C1. The second-order valence-corrected chi connectivity index (χ2v) is 6.01. The van der Waals surface area contributed by atoms with E-state index in [9.17, 15) is 0 Å². The minimum absolute atomic E-state index is 0.602. The lowest BCUT2D eigenvalue weighted by atomic mass is 9.57. The lowest BCUT2D eigenvalue weighted by Gasteiger charge is -2.47. The molecule has 0 aliphatic heterocycles.